The van der Waals surface area contributed by atoms with Gasteiger partial charge < -0.3 is 15.6 Å². The maximum atomic E-state index is 10.8. The van der Waals surface area contributed by atoms with Crippen molar-refractivity contribution in [1.82, 2.24) is 0 Å². The van der Waals surface area contributed by atoms with Crippen molar-refractivity contribution in [2.24, 2.45) is 11.7 Å². The minimum Gasteiger partial charge on any atom is -0.493 e. The van der Waals surface area contributed by atoms with Gasteiger partial charge in [0.2, 0.25) is 5.91 Å². The number of hydrogen-bond acceptors (Lipinski definition) is 3. The van der Waals surface area contributed by atoms with Crippen LogP contribution in [0.3, 0.4) is 0 Å². The molecule has 0 heterocycles. The molecule has 1 atom stereocenters. The molecule has 1 rings (SSSR count). The van der Waals surface area contributed by atoms with Crippen LogP contribution in [0, 0.1) is 5.92 Å². The van der Waals surface area contributed by atoms with Gasteiger partial charge in [-0.15, -0.1) is 0 Å². The molecule has 0 aliphatic heterocycles. The Labute approximate surface area is 148 Å². The van der Waals surface area contributed by atoms with Crippen LogP contribution >= 0.6 is 11.6 Å². The highest BCUT2D eigenvalue weighted by molar-refractivity contribution is 6.31. The standard InChI is InChI=1S/C18H26ClNO4/c1-13(7-10-17(20)21)12-24-15-8-9-16(19)14(11-15)5-3-2-4-6-18(22)23/h8-9,11,13H,2-7,10,12H2,1H3,(H2,20,21)(H,22,23)/t13-/m0/s1. The minimum atomic E-state index is -0.756. The van der Waals surface area contributed by atoms with Crippen molar-refractivity contribution in [3.05, 3.63) is 28.8 Å². The zero-order valence-electron chi connectivity index (χ0n) is 14.1. The first-order valence-electron chi connectivity index (χ1n) is 8.29. The van der Waals surface area contributed by atoms with Crippen molar-refractivity contribution in [3.8, 4) is 5.75 Å². The van der Waals surface area contributed by atoms with Gasteiger partial charge in [0.15, 0.2) is 0 Å². The van der Waals surface area contributed by atoms with Gasteiger partial charge in [-0.3, -0.25) is 9.59 Å². The predicted molar refractivity (Wildman–Crippen MR) is 94.3 cm³/mol. The second-order valence-corrected chi connectivity index (χ2v) is 6.54. The molecule has 24 heavy (non-hydrogen) atoms. The number of carbonyl (C=O) groups excluding carboxylic acids is 1. The first-order chi connectivity index (χ1) is 11.4. The quantitative estimate of drug-likeness (QED) is 0.558. The van der Waals surface area contributed by atoms with Crippen LogP contribution in [0.25, 0.3) is 0 Å². The molecule has 134 valence electrons. The highest BCUT2D eigenvalue weighted by Gasteiger charge is 2.08. The van der Waals surface area contributed by atoms with Gasteiger partial charge in [0, 0.05) is 17.9 Å². The summed E-state index contributed by atoms with van der Waals surface area (Å²) in [6.07, 6.45) is 4.52. The SMILES string of the molecule is C[C@@H](CCC(N)=O)COc1ccc(Cl)c(CCCCCC(=O)O)c1. The molecule has 5 nitrogen and oxygen atoms in total. The molecule has 6 heteroatoms. The van der Waals surface area contributed by atoms with E-state index in [4.69, 9.17) is 27.2 Å². The van der Waals surface area contributed by atoms with E-state index in [9.17, 15) is 9.59 Å². The number of amides is 1. The maximum Gasteiger partial charge on any atom is 0.303 e. The second-order valence-electron chi connectivity index (χ2n) is 6.13. The molecule has 0 aliphatic rings. The summed E-state index contributed by atoms with van der Waals surface area (Å²) < 4.78 is 5.77. The number of benzene rings is 1. The van der Waals surface area contributed by atoms with Crippen molar-refractivity contribution in [2.45, 2.75) is 51.9 Å². The summed E-state index contributed by atoms with van der Waals surface area (Å²) in [5.74, 6) is -0.0501. The number of aryl methyl sites for hydroxylation is 1. The summed E-state index contributed by atoms with van der Waals surface area (Å²) in [7, 11) is 0. The van der Waals surface area contributed by atoms with E-state index < -0.39 is 5.97 Å². The summed E-state index contributed by atoms with van der Waals surface area (Å²) in [5.41, 5.74) is 6.15. The molecule has 0 unspecified atom stereocenters. The monoisotopic (exact) mass is 355 g/mol. The first-order valence-corrected chi connectivity index (χ1v) is 8.67. The third-order valence-corrected chi connectivity index (χ3v) is 4.14. The van der Waals surface area contributed by atoms with Crippen molar-refractivity contribution >= 4 is 23.5 Å². The average molecular weight is 356 g/mol. The Morgan fingerprint density at radius 2 is 2.00 bits per heavy atom. The minimum absolute atomic E-state index is 0.208. The number of unbranched alkanes of at least 4 members (excludes halogenated alkanes) is 2. The van der Waals surface area contributed by atoms with Crippen LogP contribution in [0.4, 0.5) is 0 Å². The molecule has 0 saturated heterocycles. The lowest BCUT2D eigenvalue weighted by Crippen LogP contribution is -2.15. The topological polar surface area (TPSA) is 89.6 Å². The van der Waals surface area contributed by atoms with Crippen molar-refractivity contribution in [3.63, 3.8) is 0 Å². The van der Waals surface area contributed by atoms with E-state index in [-0.39, 0.29) is 18.2 Å². The fourth-order valence-electron chi connectivity index (χ4n) is 2.31. The number of carbonyl (C=O) groups is 2. The molecule has 0 bridgehead atoms. The molecule has 0 radical (unpaired) electrons. The van der Waals surface area contributed by atoms with Crippen molar-refractivity contribution in [1.29, 1.82) is 0 Å². The van der Waals surface area contributed by atoms with Crippen molar-refractivity contribution < 1.29 is 19.4 Å². The third-order valence-electron chi connectivity index (χ3n) is 3.77. The van der Waals surface area contributed by atoms with Crippen LogP contribution in [-0.4, -0.2) is 23.6 Å². The van der Waals surface area contributed by atoms with Crippen LogP contribution in [0.5, 0.6) is 5.75 Å². The van der Waals surface area contributed by atoms with Crippen LogP contribution in [0.2, 0.25) is 5.02 Å². The number of carboxylic acid groups (broad SMARTS) is 1. The molecule has 0 aromatic heterocycles. The van der Waals surface area contributed by atoms with E-state index in [0.29, 0.717) is 30.9 Å². The second kappa shape index (κ2) is 10.9. The fraction of sp³-hybridized carbons (Fsp3) is 0.556. The molecule has 1 amide bonds. The van der Waals surface area contributed by atoms with Gasteiger partial charge in [0.1, 0.15) is 5.75 Å². The molecule has 0 aliphatic carbocycles. The average Bonchev–Trinajstić information content (AvgIpc) is 2.52. The first kappa shape index (κ1) is 20.3. The molecular weight excluding hydrogens is 330 g/mol. The Kier molecular flexibility index (Phi) is 9.23. The number of halogens is 1. The molecular formula is C18H26ClNO4. The molecule has 0 fully saturated rings. The number of rotatable bonds is 12. The van der Waals surface area contributed by atoms with Crippen LogP contribution in [-0.2, 0) is 16.0 Å². The van der Waals surface area contributed by atoms with Gasteiger partial charge in [-0.1, -0.05) is 24.9 Å². The van der Waals surface area contributed by atoms with Crippen LogP contribution < -0.4 is 10.5 Å². The highest BCUT2D eigenvalue weighted by atomic mass is 35.5. The van der Waals surface area contributed by atoms with Gasteiger partial charge in [0.05, 0.1) is 6.61 Å². The summed E-state index contributed by atoms with van der Waals surface area (Å²) in [6.45, 7) is 2.54. The van der Waals surface area contributed by atoms with E-state index in [1.807, 2.05) is 25.1 Å². The predicted octanol–water partition coefficient (Wildman–Crippen LogP) is 3.81. The summed E-state index contributed by atoms with van der Waals surface area (Å²) in [5, 5.41) is 9.32. The van der Waals surface area contributed by atoms with E-state index >= 15 is 0 Å². The number of hydrogen-bond donors (Lipinski definition) is 2. The highest BCUT2D eigenvalue weighted by Crippen LogP contribution is 2.24. The lowest BCUT2D eigenvalue weighted by molar-refractivity contribution is -0.137. The summed E-state index contributed by atoms with van der Waals surface area (Å²) in [4.78, 5) is 21.3. The summed E-state index contributed by atoms with van der Waals surface area (Å²) in [6, 6.07) is 5.58. The lowest BCUT2D eigenvalue weighted by Gasteiger charge is -2.14. The number of aliphatic carboxylic acids is 1. The van der Waals surface area contributed by atoms with Gasteiger partial charge in [0.25, 0.3) is 0 Å². The number of nitrogens with two attached hydrogens (primary N) is 1. The van der Waals surface area contributed by atoms with Gasteiger partial charge in [-0.05, 0) is 55.4 Å². The van der Waals surface area contributed by atoms with E-state index in [1.54, 1.807) is 0 Å². The number of primary amides is 1. The number of ether oxygens (including phenoxy) is 1. The normalized spacial score (nSPS) is 11.9. The Morgan fingerprint density at radius 3 is 2.67 bits per heavy atom. The third kappa shape index (κ3) is 8.77. The van der Waals surface area contributed by atoms with E-state index in [0.717, 1.165) is 30.6 Å². The molecule has 0 saturated carbocycles. The van der Waals surface area contributed by atoms with Crippen LogP contribution in [0.15, 0.2) is 18.2 Å². The molecule has 3 N–H and O–H groups in total. The fourth-order valence-corrected chi connectivity index (χ4v) is 2.52. The smallest absolute Gasteiger partial charge is 0.303 e. The van der Waals surface area contributed by atoms with Crippen LogP contribution in [0.1, 0.15) is 51.0 Å². The number of carboxylic acids is 1. The van der Waals surface area contributed by atoms with E-state index in [1.165, 1.54) is 0 Å². The molecule has 0 spiro atoms. The molecule has 1 aromatic carbocycles. The largest absolute Gasteiger partial charge is 0.493 e. The Balaban J connectivity index is 2.41. The Hall–Kier alpha value is -1.75. The zero-order chi connectivity index (χ0) is 17.9. The molecule has 1 aromatic rings. The lowest BCUT2D eigenvalue weighted by atomic mass is 10.1. The Bertz CT molecular complexity index is 548. The summed E-state index contributed by atoms with van der Waals surface area (Å²) >= 11 is 6.21. The Morgan fingerprint density at radius 1 is 1.25 bits per heavy atom. The maximum absolute atomic E-state index is 10.8. The van der Waals surface area contributed by atoms with Gasteiger partial charge in [-0.2, -0.15) is 0 Å². The van der Waals surface area contributed by atoms with E-state index in [2.05, 4.69) is 0 Å². The zero-order valence-corrected chi connectivity index (χ0v) is 14.8. The van der Waals surface area contributed by atoms with Crippen molar-refractivity contribution in [2.75, 3.05) is 6.61 Å². The van der Waals surface area contributed by atoms with Gasteiger partial charge in [-0.25, -0.2) is 0 Å². The van der Waals surface area contributed by atoms with Gasteiger partial charge >= 0.3 is 5.97 Å².